The highest BCUT2D eigenvalue weighted by molar-refractivity contribution is 7.47. The van der Waals surface area contributed by atoms with Gasteiger partial charge < -0.3 is 14.4 Å². The van der Waals surface area contributed by atoms with Crippen LogP contribution in [0.3, 0.4) is 0 Å². The second kappa shape index (κ2) is 40.5. The molecule has 8 nitrogen and oxygen atoms in total. The van der Waals surface area contributed by atoms with Crippen molar-refractivity contribution in [3.63, 3.8) is 0 Å². The number of unbranched alkanes of at least 4 members (excludes halogenated alkanes) is 29. The number of hydrogen-bond donors (Lipinski definition) is 1. The molecule has 9 heteroatoms. The Kier molecular flexibility index (Phi) is 39.5. The molecule has 2 atom stereocenters. The zero-order valence-electron chi connectivity index (χ0n) is 34.9. The van der Waals surface area contributed by atoms with E-state index in [1.165, 1.54) is 141 Å². The summed E-state index contributed by atoms with van der Waals surface area (Å²) in [6, 6.07) is 0. The molecule has 0 fully saturated rings. The summed E-state index contributed by atoms with van der Waals surface area (Å²) in [6.07, 6.45) is 44.3. The van der Waals surface area contributed by atoms with E-state index in [1.54, 1.807) is 0 Å². The highest BCUT2D eigenvalue weighted by Crippen LogP contribution is 2.42. The van der Waals surface area contributed by atoms with Gasteiger partial charge in [0.25, 0.3) is 0 Å². The number of phosphoric ester groups is 1. The summed E-state index contributed by atoms with van der Waals surface area (Å²) < 4.78 is 31.9. The molecule has 0 saturated carbocycles. The van der Waals surface area contributed by atoms with Crippen molar-refractivity contribution in [3.05, 3.63) is 12.2 Å². The normalized spacial score (nSPS) is 13.4. The van der Waals surface area contributed by atoms with E-state index in [0.29, 0.717) is 12.8 Å². The molecule has 0 aromatic carbocycles. The molecule has 314 valence electrons. The topological polar surface area (TPSA) is 108 Å². The van der Waals surface area contributed by atoms with Crippen LogP contribution in [0.15, 0.2) is 12.2 Å². The van der Waals surface area contributed by atoms with E-state index in [0.717, 1.165) is 64.9 Å². The monoisotopic (exact) mass is 773 g/mol. The summed E-state index contributed by atoms with van der Waals surface area (Å²) in [6.45, 7) is 3.86. The minimum atomic E-state index is -4.26. The highest BCUT2D eigenvalue weighted by atomic mass is 31.2. The molecule has 2 unspecified atom stereocenters. The molecule has 0 aliphatic rings. The van der Waals surface area contributed by atoms with E-state index in [-0.39, 0.29) is 19.0 Å². The summed E-state index contributed by atoms with van der Waals surface area (Å²) in [5, 5.41) is 0. The van der Waals surface area contributed by atoms with Gasteiger partial charge in [0.1, 0.15) is 6.61 Å². The Labute approximate surface area is 327 Å². The van der Waals surface area contributed by atoms with E-state index in [4.69, 9.17) is 14.0 Å². The van der Waals surface area contributed by atoms with Gasteiger partial charge in [0, 0.05) is 20.0 Å². The molecule has 0 aromatic rings. The lowest BCUT2D eigenvalue weighted by molar-refractivity contribution is -0.161. The molecule has 0 rings (SSSR count). The average Bonchev–Trinajstić information content (AvgIpc) is 3.15. The van der Waals surface area contributed by atoms with Gasteiger partial charge in [-0.15, -0.1) is 0 Å². The Bertz CT molecular complexity index is 879. The van der Waals surface area contributed by atoms with E-state index in [1.807, 2.05) is 0 Å². The standard InChI is InChI=1S/C44H85O8P/c1-4-6-8-10-12-14-16-17-18-19-20-21-22-23-24-25-26-27-29-30-32-34-36-38-43(45)50-40-42(41-51-53(47,48)49-3)52-44(46)39-37-35-33-31-28-15-13-11-9-7-5-2/h11,13,42H,4-10,12,14-41H2,1-3H3,(H,47,48)/b13-11-. The van der Waals surface area contributed by atoms with Crippen LogP contribution in [-0.4, -0.2) is 43.3 Å². The number of esters is 2. The van der Waals surface area contributed by atoms with Crippen molar-refractivity contribution < 1.29 is 37.6 Å². The SMILES string of the molecule is CCCC/C=C\CCCCCCCC(=O)OC(COC(=O)CCCCCCCCCCCCCCCCCCCCCCCCC)COP(=O)(O)OC. The molecule has 1 N–H and O–H groups in total. The first-order chi connectivity index (χ1) is 25.8. The first kappa shape index (κ1) is 51.8. The van der Waals surface area contributed by atoms with Crippen LogP contribution in [0.2, 0.25) is 0 Å². The van der Waals surface area contributed by atoms with Crippen molar-refractivity contribution in [2.75, 3.05) is 20.3 Å². The molecule has 0 radical (unpaired) electrons. The Morgan fingerprint density at radius 2 is 0.868 bits per heavy atom. The predicted molar refractivity (Wildman–Crippen MR) is 221 cm³/mol. The Morgan fingerprint density at radius 3 is 1.28 bits per heavy atom. The Hall–Kier alpha value is -1.21. The van der Waals surface area contributed by atoms with Crippen LogP contribution in [0.5, 0.6) is 0 Å². The zero-order chi connectivity index (χ0) is 38.9. The van der Waals surface area contributed by atoms with E-state index < -0.39 is 26.5 Å². The van der Waals surface area contributed by atoms with Gasteiger partial charge in [0.05, 0.1) is 6.61 Å². The maximum atomic E-state index is 12.4. The second-order valence-corrected chi connectivity index (χ2v) is 16.8. The average molecular weight is 773 g/mol. The van der Waals surface area contributed by atoms with Crippen LogP contribution in [0.4, 0.5) is 0 Å². The van der Waals surface area contributed by atoms with Crippen molar-refractivity contribution in [1.29, 1.82) is 0 Å². The number of hydrogen-bond acceptors (Lipinski definition) is 7. The third-order valence-corrected chi connectivity index (χ3v) is 10.9. The highest BCUT2D eigenvalue weighted by Gasteiger charge is 2.24. The van der Waals surface area contributed by atoms with Crippen molar-refractivity contribution >= 4 is 19.8 Å². The predicted octanol–water partition coefficient (Wildman–Crippen LogP) is 14.1. The van der Waals surface area contributed by atoms with Gasteiger partial charge >= 0.3 is 19.8 Å². The molecule has 0 spiro atoms. The van der Waals surface area contributed by atoms with Crippen molar-refractivity contribution in [2.45, 2.75) is 238 Å². The number of carbonyl (C=O) groups excluding carboxylic acids is 2. The fraction of sp³-hybridized carbons (Fsp3) is 0.909. The maximum Gasteiger partial charge on any atom is 0.472 e. The smallest absolute Gasteiger partial charge is 0.462 e. The molecule has 0 aromatic heterocycles. The number of ether oxygens (including phenoxy) is 2. The van der Waals surface area contributed by atoms with Crippen LogP contribution in [0.1, 0.15) is 232 Å². The molecular formula is C44H85O8P. The quantitative estimate of drug-likeness (QED) is 0.0283. The number of allylic oxidation sites excluding steroid dienone is 2. The first-order valence-electron chi connectivity index (χ1n) is 22.4. The van der Waals surface area contributed by atoms with Gasteiger partial charge in [-0.25, -0.2) is 4.57 Å². The van der Waals surface area contributed by atoms with Crippen LogP contribution in [0.25, 0.3) is 0 Å². The largest absolute Gasteiger partial charge is 0.472 e. The number of rotatable bonds is 42. The lowest BCUT2D eigenvalue weighted by Crippen LogP contribution is -2.29. The molecule has 0 heterocycles. The van der Waals surface area contributed by atoms with Gasteiger partial charge in [0.2, 0.25) is 0 Å². The minimum Gasteiger partial charge on any atom is -0.462 e. The van der Waals surface area contributed by atoms with Gasteiger partial charge in [-0.2, -0.15) is 0 Å². The fourth-order valence-electron chi connectivity index (χ4n) is 6.52. The Morgan fingerprint density at radius 1 is 0.509 bits per heavy atom. The minimum absolute atomic E-state index is 0.223. The van der Waals surface area contributed by atoms with Gasteiger partial charge in [0.15, 0.2) is 6.10 Å². The lowest BCUT2D eigenvalue weighted by atomic mass is 10.0. The van der Waals surface area contributed by atoms with E-state index in [2.05, 4.69) is 30.5 Å². The Balaban J connectivity index is 3.83. The van der Waals surface area contributed by atoms with Gasteiger partial charge in [-0.05, 0) is 32.1 Å². The molecule has 0 aliphatic carbocycles. The summed E-state index contributed by atoms with van der Waals surface area (Å²) in [7, 11) is -3.19. The van der Waals surface area contributed by atoms with E-state index >= 15 is 0 Å². The third-order valence-electron chi connectivity index (χ3n) is 10.0. The van der Waals surface area contributed by atoms with Gasteiger partial charge in [-0.3, -0.25) is 18.6 Å². The summed E-state index contributed by atoms with van der Waals surface area (Å²) in [5.74, 6) is -0.804. The lowest BCUT2D eigenvalue weighted by Gasteiger charge is -2.19. The summed E-state index contributed by atoms with van der Waals surface area (Å²) >= 11 is 0. The summed E-state index contributed by atoms with van der Waals surface area (Å²) in [4.78, 5) is 34.4. The van der Waals surface area contributed by atoms with Gasteiger partial charge in [-0.1, -0.05) is 199 Å². The molecular weight excluding hydrogens is 687 g/mol. The van der Waals surface area contributed by atoms with Crippen molar-refractivity contribution in [3.8, 4) is 0 Å². The molecule has 53 heavy (non-hydrogen) atoms. The maximum absolute atomic E-state index is 12.4. The number of carbonyl (C=O) groups is 2. The van der Waals surface area contributed by atoms with Crippen molar-refractivity contribution in [2.24, 2.45) is 0 Å². The van der Waals surface area contributed by atoms with Crippen LogP contribution < -0.4 is 0 Å². The molecule has 0 aliphatic heterocycles. The molecule has 0 bridgehead atoms. The number of phosphoric acid groups is 1. The first-order valence-corrected chi connectivity index (χ1v) is 23.9. The van der Waals surface area contributed by atoms with Crippen molar-refractivity contribution in [1.82, 2.24) is 0 Å². The zero-order valence-corrected chi connectivity index (χ0v) is 35.8. The molecule has 0 amide bonds. The van der Waals surface area contributed by atoms with Crippen LogP contribution >= 0.6 is 7.82 Å². The third kappa shape index (κ3) is 40.3. The second-order valence-electron chi connectivity index (χ2n) is 15.2. The van der Waals surface area contributed by atoms with Crippen LogP contribution in [0, 0.1) is 0 Å². The summed E-state index contributed by atoms with van der Waals surface area (Å²) in [5.41, 5.74) is 0. The fourth-order valence-corrected chi connectivity index (χ4v) is 6.98. The van der Waals surface area contributed by atoms with E-state index in [9.17, 15) is 19.0 Å². The van der Waals surface area contributed by atoms with Crippen LogP contribution in [-0.2, 0) is 32.7 Å². The molecule has 0 saturated heterocycles.